The second-order valence-electron chi connectivity index (χ2n) is 6.44. The minimum absolute atomic E-state index is 0.0382. The van der Waals surface area contributed by atoms with E-state index in [1.165, 1.54) is 12.1 Å². The number of furan rings is 1. The molecule has 0 radical (unpaired) electrons. The van der Waals surface area contributed by atoms with Crippen LogP contribution >= 0.6 is 0 Å². The highest BCUT2D eigenvalue weighted by molar-refractivity contribution is 5.78. The van der Waals surface area contributed by atoms with Crippen molar-refractivity contribution in [2.75, 3.05) is 26.2 Å². The van der Waals surface area contributed by atoms with E-state index in [1.54, 1.807) is 4.90 Å². The second kappa shape index (κ2) is 7.78. The van der Waals surface area contributed by atoms with E-state index in [0.29, 0.717) is 13.1 Å². The maximum Gasteiger partial charge on any atom is 0.227 e. The van der Waals surface area contributed by atoms with Gasteiger partial charge in [0, 0.05) is 32.2 Å². The van der Waals surface area contributed by atoms with Gasteiger partial charge < -0.3 is 9.32 Å². The summed E-state index contributed by atoms with van der Waals surface area (Å²) in [4.78, 5) is 16.5. The van der Waals surface area contributed by atoms with Crippen LogP contribution in [-0.2, 0) is 17.8 Å². The average molecular weight is 348 g/mol. The lowest BCUT2D eigenvalue weighted by molar-refractivity contribution is -0.130. The molecule has 0 saturated carbocycles. The van der Waals surface area contributed by atoms with E-state index in [0.717, 1.165) is 43.6 Å². The fraction of sp³-hybridized carbons (Fsp3) is 0.421. The molecule has 0 spiro atoms. The maximum atomic E-state index is 13.7. The zero-order valence-electron chi connectivity index (χ0n) is 14.3. The van der Waals surface area contributed by atoms with Gasteiger partial charge in [-0.15, -0.1) is 0 Å². The Kier molecular flexibility index (Phi) is 5.48. The van der Waals surface area contributed by atoms with Crippen molar-refractivity contribution in [3.8, 4) is 0 Å². The maximum absolute atomic E-state index is 13.7. The molecule has 0 bridgehead atoms. The Hall–Kier alpha value is -2.21. The van der Waals surface area contributed by atoms with Crippen LogP contribution < -0.4 is 0 Å². The minimum Gasteiger partial charge on any atom is -0.465 e. The minimum atomic E-state index is -0.669. The second-order valence-corrected chi connectivity index (χ2v) is 6.44. The first-order chi connectivity index (χ1) is 12.0. The van der Waals surface area contributed by atoms with Gasteiger partial charge in [-0.25, -0.2) is 8.78 Å². The molecule has 3 rings (SSSR count). The Bertz CT molecular complexity index is 745. The van der Waals surface area contributed by atoms with Crippen molar-refractivity contribution in [3.05, 3.63) is 59.1 Å². The summed E-state index contributed by atoms with van der Waals surface area (Å²) in [6.07, 6.45) is 0.820. The number of carbonyl (C=O) groups is 1. The molecule has 1 fully saturated rings. The van der Waals surface area contributed by atoms with Gasteiger partial charge >= 0.3 is 0 Å². The topological polar surface area (TPSA) is 36.7 Å². The molecule has 134 valence electrons. The Labute approximate surface area is 146 Å². The molecule has 25 heavy (non-hydrogen) atoms. The van der Waals surface area contributed by atoms with Crippen LogP contribution in [0.2, 0.25) is 0 Å². The van der Waals surface area contributed by atoms with Crippen LogP contribution in [0.15, 0.2) is 34.7 Å². The van der Waals surface area contributed by atoms with Gasteiger partial charge in [-0.3, -0.25) is 9.69 Å². The third kappa shape index (κ3) is 4.66. The molecule has 1 amide bonds. The molecule has 2 heterocycles. The quantitative estimate of drug-likeness (QED) is 0.852. The fourth-order valence-corrected chi connectivity index (χ4v) is 3.11. The number of rotatable bonds is 4. The van der Waals surface area contributed by atoms with Gasteiger partial charge in [-0.2, -0.15) is 0 Å². The monoisotopic (exact) mass is 348 g/mol. The molecule has 4 nitrogen and oxygen atoms in total. The van der Waals surface area contributed by atoms with Gasteiger partial charge in [0.15, 0.2) is 0 Å². The number of amides is 1. The summed E-state index contributed by atoms with van der Waals surface area (Å²) in [5.41, 5.74) is 0.235. The molecule has 1 aromatic heterocycles. The normalized spacial score (nSPS) is 16.0. The third-order valence-electron chi connectivity index (χ3n) is 4.47. The van der Waals surface area contributed by atoms with E-state index in [4.69, 9.17) is 4.42 Å². The van der Waals surface area contributed by atoms with Gasteiger partial charge in [0.2, 0.25) is 5.91 Å². The van der Waals surface area contributed by atoms with Crippen molar-refractivity contribution in [2.45, 2.75) is 26.3 Å². The van der Waals surface area contributed by atoms with Crippen LogP contribution in [0.3, 0.4) is 0 Å². The van der Waals surface area contributed by atoms with E-state index < -0.39 is 11.6 Å². The molecule has 0 N–H and O–H groups in total. The van der Waals surface area contributed by atoms with E-state index in [9.17, 15) is 13.6 Å². The fourth-order valence-electron chi connectivity index (χ4n) is 3.11. The number of benzene rings is 1. The van der Waals surface area contributed by atoms with Gasteiger partial charge in [0.05, 0.1) is 13.0 Å². The zero-order chi connectivity index (χ0) is 17.8. The smallest absolute Gasteiger partial charge is 0.227 e. The molecule has 0 unspecified atom stereocenters. The Morgan fingerprint density at radius 1 is 1.12 bits per heavy atom. The van der Waals surface area contributed by atoms with Crippen molar-refractivity contribution in [1.29, 1.82) is 0 Å². The molecular weight excluding hydrogens is 326 g/mol. The van der Waals surface area contributed by atoms with Crippen LogP contribution in [0.4, 0.5) is 8.78 Å². The van der Waals surface area contributed by atoms with Crippen molar-refractivity contribution in [1.82, 2.24) is 9.80 Å². The van der Waals surface area contributed by atoms with Gasteiger partial charge in [-0.05, 0) is 37.1 Å². The summed E-state index contributed by atoms with van der Waals surface area (Å²) in [7, 11) is 0. The molecule has 1 aliphatic heterocycles. The van der Waals surface area contributed by atoms with Crippen molar-refractivity contribution >= 4 is 5.91 Å². The predicted octanol–water partition coefficient (Wildman–Crippen LogP) is 3.14. The van der Waals surface area contributed by atoms with Gasteiger partial charge in [0.25, 0.3) is 0 Å². The Morgan fingerprint density at radius 3 is 2.68 bits per heavy atom. The molecule has 1 saturated heterocycles. The van der Waals surface area contributed by atoms with E-state index in [1.807, 2.05) is 19.1 Å². The highest BCUT2D eigenvalue weighted by Gasteiger charge is 2.21. The molecular formula is C19H22F2N2O2. The van der Waals surface area contributed by atoms with Gasteiger partial charge in [0.1, 0.15) is 23.2 Å². The third-order valence-corrected chi connectivity index (χ3v) is 4.47. The van der Waals surface area contributed by atoms with E-state index in [2.05, 4.69) is 4.90 Å². The summed E-state index contributed by atoms with van der Waals surface area (Å²) in [5.74, 6) is 0.389. The standard InChI is InChI=1S/C19H22F2N2O2/c1-14-3-6-17(25-14)13-22-7-2-8-23(10-9-22)19(24)11-15-4-5-16(20)12-18(15)21/h3-6,12H,2,7-11,13H2,1H3. The van der Waals surface area contributed by atoms with Crippen LogP contribution in [0.5, 0.6) is 0 Å². The highest BCUT2D eigenvalue weighted by atomic mass is 19.1. The van der Waals surface area contributed by atoms with Gasteiger partial charge in [-0.1, -0.05) is 6.07 Å². The summed E-state index contributed by atoms with van der Waals surface area (Å²) < 4.78 is 32.3. The van der Waals surface area contributed by atoms with E-state index >= 15 is 0 Å². The molecule has 0 atom stereocenters. The number of carbonyl (C=O) groups excluding carboxylic acids is 1. The SMILES string of the molecule is Cc1ccc(CN2CCCN(C(=O)Cc3ccc(F)cc3F)CC2)o1. The Balaban J connectivity index is 1.55. The summed E-state index contributed by atoms with van der Waals surface area (Å²) in [5, 5.41) is 0. The average Bonchev–Trinajstić information content (AvgIpc) is 2.83. The zero-order valence-corrected chi connectivity index (χ0v) is 14.3. The largest absolute Gasteiger partial charge is 0.465 e. The first kappa shape index (κ1) is 17.6. The number of nitrogens with zero attached hydrogens (tertiary/aromatic N) is 2. The lowest BCUT2D eigenvalue weighted by atomic mass is 10.1. The predicted molar refractivity (Wildman–Crippen MR) is 90.0 cm³/mol. The first-order valence-corrected chi connectivity index (χ1v) is 8.50. The highest BCUT2D eigenvalue weighted by Crippen LogP contribution is 2.14. The van der Waals surface area contributed by atoms with E-state index in [-0.39, 0.29) is 17.9 Å². The molecule has 2 aromatic rings. The molecule has 0 aliphatic carbocycles. The lowest BCUT2D eigenvalue weighted by Crippen LogP contribution is -2.36. The van der Waals surface area contributed by atoms with Crippen LogP contribution in [0.25, 0.3) is 0 Å². The first-order valence-electron chi connectivity index (χ1n) is 8.50. The lowest BCUT2D eigenvalue weighted by Gasteiger charge is -2.21. The Morgan fingerprint density at radius 2 is 1.96 bits per heavy atom. The summed E-state index contributed by atoms with van der Waals surface area (Å²) in [6, 6.07) is 7.26. The van der Waals surface area contributed by atoms with Crippen molar-refractivity contribution in [3.63, 3.8) is 0 Å². The van der Waals surface area contributed by atoms with Crippen LogP contribution in [0, 0.1) is 18.6 Å². The number of aryl methyl sites for hydroxylation is 1. The molecule has 1 aliphatic rings. The number of hydrogen-bond donors (Lipinski definition) is 0. The van der Waals surface area contributed by atoms with Crippen molar-refractivity contribution in [2.24, 2.45) is 0 Å². The van der Waals surface area contributed by atoms with Crippen molar-refractivity contribution < 1.29 is 18.0 Å². The van der Waals surface area contributed by atoms with Crippen LogP contribution in [-0.4, -0.2) is 41.9 Å². The summed E-state index contributed by atoms with van der Waals surface area (Å²) in [6.45, 7) is 5.52. The number of halogens is 2. The summed E-state index contributed by atoms with van der Waals surface area (Å²) >= 11 is 0. The molecule has 1 aromatic carbocycles. The number of hydrogen-bond acceptors (Lipinski definition) is 3. The van der Waals surface area contributed by atoms with Crippen LogP contribution in [0.1, 0.15) is 23.5 Å². The molecule has 6 heteroatoms.